The summed E-state index contributed by atoms with van der Waals surface area (Å²) in [5.41, 5.74) is 2.46. The van der Waals surface area contributed by atoms with Crippen LogP contribution in [0.3, 0.4) is 0 Å². The molecule has 7 heteroatoms. The van der Waals surface area contributed by atoms with Crippen LogP contribution in [0, 0.1) is 6.92 Å². The molecule has 1 N–H and O–H groups in total. The second-order valence-corrected chi connectivity index (χ2v) is 6.12. The summed E-state index contributed by atoms with van der Waals surface area (Å²) in [5.74, 6) is -0.223. The van der Waals surface area contributed by atoms with Crippen molar-refractivity contribution in [1.82, 2.24) is 24.6 Å². The van der Waals surface area contributed by atoms with Crippen LogP contribution in [0.15, 0.2) is 41.6 Å². The molecule has 0 fully saturated rings. The lowest BCUT2D eigenvalue weighted by Gasteiger charge is -2.18. The maximum absolute atomic E-state index is 12.4. The van der Waals surface area contributed by atoms with E-state index in [-0.39, 0.29) is 24.1 Å². The monoisotopic (exact) mass is 339 g/mol. The van der Waals surface area contributed by atoms with Crippen LogP contribution in [-0.2, 0) is 18.4 Å². The first-order chi connectivity index (χ1) is 12.0. The van der Waals surface area contributed by atoms with Gasteiger partial charge in [0, 0.05) is 7.05 Å². The summed E-state index contributed by atoms with van der Waals surface area (Å²) in [5, 5.41) is 7.42. The fraction of sp³-hybridized carbons (Fsp3) is 0.333. The Morgan fingerprint density at radius 3 is 2.68 bits per heavy atom. The zero-order valence-corrected chi connectivity index (χ0v) is 14.6. The van der Waals surface area contributed by atoms with Crippen LogP contribution in [0.25, 0.3) is 11.0 Å². The van der Waals surface area contributed by atoms with E-state index in [9.17, 15) is 9.59 Å². The first-order valence-corrected chi connectivity index (χ1v) is 8.22. The van der Waals surface area contributed by atoms with Gasteiger partial charge in [0.2, 0.25) is 5.91 Å². The largest absolute Gasteiger partial charge is 0.348 e. The first-order valence-electron chi connectivity index (χ1n) is 8.22. The van der Waals surface area contributed by atoms with Crippen molar-refractivity contribution in [2.45, 2.75) is 32.9 Å². The number of carbonyl (C=O) groups is 1. The molecule has 0 aliphatic rings. The Bertz CT molecular complexity index is 956. The van der Waals surface area contributed by atoms with Crippen molar-refractivity contribution in [3.05, 3.63) is 58.3 Å². The van der Waals surface area contributed by atoms with E-state index in [2.05, 4.69) is 15.4 Å². The Hall–Kier alpha value is -2.96. The van der Waals surface area contributed by atoms with E-state index < -0.39 is 0 Å². The van der Waals surface area contributed by atoms with E-state index in [1.807, 2.05) is 38.1 Å². The van der Waals surface area contributed by atoms with Gasteiger partial charge in [-0.05, 0) is 18.9 Å². The number of hydrogen-bond acceptors (Lipinski definition) is 4. The van der Waals surface area contributed by atoms with Gasteiger partial charge in [0.05, 0.1) is 12.2 Å². The summed E-state index contributed by atoms with van der Waals surface area (Å²) in [6.45, 7) is 3.97. The van der Waals surface area contributed by atoms with Gasteiger partial charge in [0.25, 0.3) is 5.56 Å². The molecule has 0 aliphatic heterocycles. The van der Waals surface area contributed by atoms with E-state index in [1.54, 1.807) is 7.05 Å². The predicted octanol–water partition coefficient (Wildman–Crippen LogP) is 1.71. The van der Waals surface area contributed by atoms with E-state index in [0.717, 1.165) is 12.0 Å². The Morgan fingerprint density at radius 2 is 2.00 bits per heavy atom. The summed E-state index contributed by atoms with van der Waals surface area (Å²) in [6, 6.07) is 7.99. The fourth-order valence-electron chi connectivity index (χ4n) is 2.79. The number of nitrogens with zero attached hydrogens (tertiary/aromatic N) is 4. The maximum Gasteiger partial charge on any atom is 0.264 e. The molecule has 1 atom stereocenters. The Labute approximate surface area is 145 Å². The van der Waals surface area contributed by atoms with Gasteiger partial charge in [-0.1, -0.05) is 36.8 Å². The van der Waals surface area contributed by atoms with Crippen molar-refractivity contribution in [3.63, 3.8) is 0 Å². The molecule has 0 saturated carbocycles. The average Bonchev–Trinajstić information content (AvgIpc) is 2.98. The van der Waals surface area contributed by atoms with Gasteiger partial charge in [-0.2, -0.15) is 5.10 Å². The minimum atomic E-state index is -0.267. The number of rotatable bonds is 5. The lowest BCUT2D eigenvalue weighted by molar-refractivity contribution is -0.122. The SMILES string of the molecule is CC[C@@H](NC(=O)Cn1cnc2c(cnn2C)c1=O)c1ccc(C)cc1. The number of carbonyl (C=O) groups excluding carboxylic acids is 1. The lowest BCUT2D eigenvalue weighted by Crippen LogP contribution is -2.34. The standard InChI is InChI=1S/C18H21N5O2/c1-4-15(13-7-5-12(2)6-8-13)21-16(24)10-23-11-19-17-14(18(23)25)9-20-22(17)3/h5-9,11,15H,4,10H2,1-3H3,(H,21,24)/t15-/m1/s1. The number of hydrogen-bond donors (Lipinski definition) is 1. The van der Waals surface area contributed by atoms with Crippen molar-refractivity contribution < 1.29 is 4.79 Å². The molecule has 0 radical (unpaired) electrons. The molecule has 3 aromatic rings. The van der Waals surface area contributed by atoms with E-state index in [0.29, 0.717) is 11.0 Å². The van der Waals surface area contributed by atoms with Gasteiger partial charge in [-0.3, -0.25) is 18.8 Å². The highest BCUT2D eigenvalue weighted by atomic mass is 16.2. The van der Waals surface area contributed by atoms with Gasteiger partial charge in [-0.25, -0.2) is 4.98 Å². The molecule has 7 nitrogen and oxygen atoms in total. The third-order valence-electron chi connectivity index (χ3n) is 4.26. The van der Waals surface area contributed by atoms with Gasteiger partial charge < -0.3 is 5.32 Å². The molecule has 0 aliphatic carbocycles. The third kappa shape index (κ3) is 3.45. The van der Waals surface area contributed by atoms with Gasteiger partial charge in [0.15, 0.2) is 5.65 Å². The van der Waals surface area contributed by atoms with Crippen LogP contribution in [0.5, 0.6) is 0 Å². The molecule has 0 saturated heterocycles. The molecular weight excluding hydrogens is 318 g/mol. The van der Waals surface area contributed by atoms with Gasteiger partial charge >= 0.3 is 0 Å². The maximum atomic E-state index is 12.4. The number of aryl methyl sites for hydroxylation is 2. The normalized spacial score (nSPS) is 12.3. The molecule has 0 unspecified atom stereocenters. The van der Waals surface area contributed by atoms with Crippen molar-refractivity contribution in [2.75, 3.05) is 0 Å². The highest BCUT2D eigenvalue weighted by Gasteiger charge is 2.15. The van der Waals surface area contributed by atoms with Crippen LogP contribution in [0.4, 0.5) is 0 Å². The Morgan fingerprint density at radius 1 is 1.28 bits per heavy atom. The highest BCUT2D eigenvalue weighted by molar-refractivity contribution is 5.77. The number of amides is 1. The molecule has 2 heterocycles. The first kappa shape index (κ1) is 16.9. The number of fused-ring (bicyclic) bond motifs is 1. The summed E-state index contributed by atoms with van der Waals surface area (Å²) in [7, 11) is 1.72. The summed E-state index contributed by atoms with van der Waals surface area (Å²) < 4.78 is 2.84. The van der Waals surface area contributed by atoms with Crippen LogP contribution >= 0.6 is 0 Å². The van der Waals surface area contributed by atoms with E-state index in [4.69, 9.17) is 0 Å². The van der Waals surface area contributed by atoms with Crippen LogP contribution < -0.4 is 10.9 Å². The minimum Gasteiger partial charge on any atom is -0.348 e. The molecule has 2 aromatic heterocycles. The van der Waals surface area contributed by atoms with Crippen LogP contribution in [0.2, 0.25) is 0 Å². The van der Waals surface area contributed by atoms with Crippen LogP contribution in [0.1, 0.15) is 30.5 Å². The highest BCUT2D eigenvalue weighted by Crippen LogP contribution is 2.17. The Balaban J connectivity index is 1.76. The quantitative estimate of drug-likeness (QED) is 0.767. The van der Waals surface area contributed by atoms with Crippen LogP contribution in [-0.4, -0.2) is 25.2 Å². The van der Waals surface area contributed by atoms with E-state index in [1.165, 1.54) is 27.3 Å². The van der Waals surface area contributed by atoms with Crippen molar-refractivity contribution >= 4 is 16.9 Å². The third-order valence-corrected chi connectivity index (χ3v) is 4.26. The van der Waals surface area contributed by atoms with Gasteiger partial charge in [0.1, 0.15) is 18.3 Å². The lowest BCUT2D eigenvalue weighted by atomic mass is 10.0. The smallest absolute Gasteiger partial charge is 0.264 e. The predicted molar refractivity (Wildman–Crippen MR) is 95.1 cm³/mol. The zero-order valence-electron chi connectivity index (χ0n) is 14.6. The van der Waals surface area contributed by atoms with Crippen molar-refractivity contribution in [3.8, 4) is 0 Å². The molecule has 1 aromatic carbocycles. The molecule has 0 bridgehead atoms. The summed E-state index contributed by atoms with van der Waals surface area (Å²) in [4.78, 5) is 29.0. The van der Waals surface area contributed by atoms with Gasteiger partial charge in [-0.15, -0.1) is 0 Å². The Kier molecular flexibility index (Phi) is 4.65. The topological polar surface area (TPSA) is 81.8 Å². The second-order valence-electron chi connectivity index (χ2n) is 6.12. The molecule has 0 spiro atoms. The zero-order chi connectivity index (χ0) is 18.0. The number of nitrogens with one attached hydrogen (secondary N) is 1. The molecule has 3 rings (SSSR count). The molecule has 1 amide bonds. The van der Waals surface area contributed by atoms with E-state index >= 15 is 0 Å². The molecule has 25 heavy (non-hydrogen) atoms. The summed E-state index contributed by atoms with van der Waals surface area (Å²) in [6.07, 6.45) is 3.63. The van der Waals surface area contributed by atoms with Crippen molar-refractivity contribution in [2.24, 2.45) is 7.05 Å². The average molecular weight is 339 g/mol. The number of aromatic nitrogens is 4. The number of benzene rings is 1. The summed E-state index contributed by atoms with van der Waals surface area (Å²) >= 11 is 0. The molecular formula is C18H21N5O2. The molecule has 130 valence electrons. The van der Waals surface area contributed by atoms with Crippen molar-refractivity contribution in [1.29, 1.82) is 0 Å². The minimum absolute atomic E-state index is 0.0704. The second kappa shape index (κ2) is 6.88. The fourth-order valence-corrected chi connectivity index (χ4v) is 2.79.